The Balaban J connectivity index is 2.47. The molecule has 0 heterocycles. The lowest BCUT2D eigenvalue weighted by molar-refractivity contribution is -0.220. The van der Waals surface area contributed by atoms with Crippen molar-refractivity contribution >= 4 is 19.8 Å². The fourth-order valence-corrected chi connectivity index (χ4v) is 8.10. The van der Waals surface area contributed by atoms with E-state index in [-0.39, 0.29) is 12.8 Å². The van der Waals surface area contributed by atoms with Gasteiger partial charge in [0.25, 0.3) is 0 Å². The number of phosphoric acid groups is 1. The Hall–Kier alpha value is -2.97. The van der Waals surface area contributed by atoms with Crippen molar-refractivity contribution in [2.24, 2.45) is 0 Å². The van der Waals surface area contributed by atoms with Crippen LogP contribution in [0.2, 0.25) is 0 Å². The predicted molar refractivity (Wildman–Crippen MR) is 267 cm³/mol. The Bertz CT molecular complexity index is 1490. The number of esters is 2. The summed E-state index contributed by atoms with van der Waals surface area (Å²) in [5.74, 6) is -1.20. The number of phosphoric ester groups is 1. The van der Waals surface area contributed by atoms with Crippen LogP contribution in [0.25, 0.3) is 0 Å². The molecule has 0 aliphatic heterocycles. The fraction of sp³-hybridized carbons (Fsp3) is 0.698. The van der Waals surface area contributed by atoms with Crippen molar-refractivity contribution in [1.29, 1.82) is 0 Å². The molecule has 1 aliphatic carbocycles. The van der Waals surface area contributed by atoms with Crippen molar-refractivity contribution in [3.63, 3.8) is 0 Å². The van der Waals surface area contributed by atoms with Gasteiger partial charge in [0, 0.05) is 12.8 Å². The zero-order valence-corrected chi connectivity index (χ0v) is 41.8. The lowest BCUT2D eigenvalue weighted by Gasteiger charge is -2.41. The molecule has 67 heavy (non-hydrogen) atoms. The minimum atomic E-state index is -5.14. The van der Waals surface area contributed by atoms with E-state index in [1.54, 1.807) is 0 Å². The maximum absolute atomic E-state index is 12.8. The second-order valence-corrected chi connectivity index (χ2v) is 18.7. The summed E-state index contributed by atoms with van der Waals surface area (Å²) in [6.07, 6.45) is 42.1. The Labute approximate surface area is 403 Å². The third-order valence-electron chi connectivity index (χ3n) is 11.2. The number of aliphatic hydroxyl groups excluding tert-OH is 5. The largest absolute Gasteiger partial charge is 0.472 e. The molecule has 0 radical (unpaired) electrons. The summed E-state index contributed by atoms with van der Waals surface area (Å²) in [6.45, 7) is 3.19. The maximum Gasteiger partial charge on any atom is 0.472 e. The van der Waals surface area contributed by atoms with E-state index in [2.05, 4.69) is 80.7 Å². The summed E-state index contributed by atoms with van der Waals surface area (Å²) in [4.78, 5) is 35.8. The number of ether oxygens (including phenoxy) is 2. The molecule has 0 amide bonds. The summed E-state index contributed by atoms with van der Waals surface area (Å²) < 4.78 is 33.5. The second kappa shape index (κ2) is 42.0. The van der Waals surface area contributed by atoms with Crippen LogP contribution in [0.15, 0.2) is 85.1 Å². The fourth-order valence-electron chi connectivity index (χ4n) is 7.12. The summed E-state index contributed by atoms with van der Waals surface area (Å²) >= 11 is 0. The number of allylic oxidation sites excluding steroid dienone is 14. The van der Waals surface area contributed by atoms with Gasteiger partial charge in [-0.1, -0.05) is 170 Å². The lowest BCUT2D eigenvalue weighted by Crippen LogP contribution is -2.64. The predicted octanol–water partition coefficient (Wildman–Crippen LogP) is 10.8. The molecule has 0 spiro atoms. The SMILES string of the molecule is CCCCC/C=C/C/C=C/C/C=C/C/C=C/C/C=C/CCC(=O)OC[C@@H](COP(=O)(O)OC1C(O)C(O)C(O)[C@H](O)C1O)OC(=O)CCCCCCCCCCC/C=C/C/C=C/CCCCC. The third kappa shape index (κ3) is 34.1. The molecule has 1 aliphatic rings. The minimum absolute atomic E-state index is 0.0386. The highest BCUT2D eigenvalue weighted by molar-refractivity contribution is 7.47. The second-order valence-electron chi connectivity index (χ2n) is 17.3. The molecule has 13 nitrogen and oxygen atoms in total. The van der Waals surface area contributed by atoms with E-state index in [9.17, 15) is 44.6 Å². The molecule has 0 aromatic carbocycles. The number of carbonyl (C=O) groups is 2. The van der Waals surface area contributed by atoms with Gasteiger partial charge in [-0.25, -0.2) is 4.57 Å². The van der Waals surface area contributed by atoms with Crippen molar-refractivity contribution < 1.29 is 63.1 Å². The molecule has 0 aromatic heterocycles. The average molecular weight is 965 g/mol. The van der Waals surface area contributed by atoms with Gasteiger partial charge in [-0.3, -0.25) is 18.6 Å². The topological polar surface area (TPSA) is 210 Å². The number of hydrogen-bond acceptors (Lipinski definition) is 12. The molecule has 0 bridgehead atoms. The molecule has 6 unspecified atom stereocenters. The highest BCUT2D eigenvalue weighted by Gasteiger charge is 2.51. The molecular formula is C53H89O13P. The zero-order valence-electron chi connectivity index (χ0n) is 40.9. The maximum atomic E-state index is 12.8. The summed E-state index contributed by atoms with van der Waals surface area (Å²) in [7, 11) is -5.14. The van der Waals surface area contributed by atoms with E-state index in [1.165, 1.54) is 70.6 Å². The van der Waals surface area contributed by atoms with Crippen LogP contribution >= 0.6 is 7.82 Å². The molecule has 6 N–H and O–H groups in total. The van der Waals surface area contributed by atoms with Gasteiger partial charge in [0.2, 0.25) is 0 Å². The Morgan fingerprint density at radius 2 is 0.836 bits per heavy atom. The monoisotopic (exact) mass is 965 g/mol. The Morgan fingerprint density at radius 3 is 1.28 bits per heavy atom. The van der Waals surface area contributed by atoms with E-state index in [0.29, 0.717) is 19.3 Å². The van der Waals surface area contributed by atoms with Gasteiger partial charge >= 0.3 is 19.8 Å². The molecule has 1 rings (SSSR count). The van der Waals surface area contributed by atoms with Crippen LogP contribution < -0.4 is 0 Å². The van der Waals surface area contributed by atoms with Crippen molar-refractivity contribution in [3.05, 3.63) is 85.1 Å². The van der Waals surface area contributed by atoms with Crippen LogP contribution in [0.1, 0.15) is 181 Å². The van der Waals surface area contributed by atoms with Gasteiger partial charge in [0.1, 0.15) is 43.2 Å². The van der Waals surface area contributed by atoms with Crippen LogP contribution in [0, 0.1) is 0 Å². The molecular weight excluding hydrogens is 876 g/mol. The van der Waals surface area contributed by atoms with Crippen LogP contribution in [-0.4, -0.2) is 98.3 Å². The Morgan fingerprint density at radius 1 is 0.463 bits per heavy atom. The van der Waals surface area contributed by atoms with Gasteiger partial charge in [-0.05, 0) is 83.5 Å². The number of aliphatic hydroxyl groups is 5. The number of unbranched alkanes of at least 4 members (excludes halogenated alkanes) is 15. The van der Waals surface area contributed by atoms with E-state index >= 15 is 0 Å². The summed E-state index contributed by atoms with van der Waals surface area (Å²) in [6, 6.07) is 0. The molecule has 0 saturated heterocycles. The highest BCUT2D eigenvalue weighted by Crippen LogP contribution is 2.47. The van der Waals surface area contributed by atoms with Gasteiger partial charge < -0.3 is 39.9 Å². The van der Waals surface area contributed by atoms with E-state index in [1.807, 2.05) is 18.2 Å². The zero-order chi connectivity index (χ0) is 49.2. The first-order valence-electron chi connectivity index (χ1n) is 25.4. The van der Waals surface area contributed by atoms with Crippen molar-refractivity contribution in [2.75, 3.05) is 13.2 Å². The quantitative estimate of drug-likeness (QED) is 0.0146. The van der Waals surface area contributed by atoms with E-state index < -0.39 is 75.7 Å². The molecule has 14 heteroatoms. The Kier molecular flexibility index (Phi) is 38.9. The number of rotatable bonds is 41. The molecule has 384 valence electrons. The van der Waals surface area contributed by atoms with Crippen molar-refractivity contribution in [2.45, 2.75) is 224 Å². The smallest absolute Gasteiger partial charge is 0.462 e. The van der Waals surface area contributed by atoms with Crippen LogP contribution in [0.5, 0.6) is 0 Å². The molecule has 1 fully saturated rings. The van der Waals surface area contributed by atoms with Gasteiger partial charge in [-0.15, -0.1) is 0 Å². The highest BCUT2D eigenvalue weighted by atomic mass is 31.2. The first kappa shape index (κ1) is 62.0. The van der Waals surface area contributed by atoms with E-state index in [0.717, 1.165) is 64.2 Å². The van der Waals surface area contributed by atoms with Crippen molar-refractivity contribution in [3.8, 4) is 0 Å². The van der Waals surface area contributed by atoms with Gasteiger partial charge in [-0.2, -0.15) is 0 Å². The van der Waals surface area contributed by atoms with E-state index in [4.69, 9.17) is 18.5 Å². The minimum Gasteiger partial charge on any atom is -0.462 e. The average Bonchev–Trinajstić information content (AvgIpc) is 3.31. The van der Waals surface area contributed by atoms with Gasteiger partial charge in [0.15, 0.2) is 6.10 Å². The number of carbonyl (C=O) groups excluding carboxylic acids is 2. The van der Waals surface area contributed by atoms with Crippen molar-refractivity contribution in [1.82, 2.24) is 0 Å². The summed E-state index contributed by atoms with van der Waals surface area (Å²) in [5, 5.41) is 50.3. The first-order chi connectivity index (χ1) is 32.4. The van der Waals surface area contributed by atoms with Gasteiger partial charge in [0.05, 0.1) is 6.61 Å². The molecule has 0 aromatic rings. The lowest BCUT2D eigenvalue weighted by atomic mass is 9.85. The standard InChI is InChI=1S/C53H89O13P/c1-3-5-7-9-11-13-15-17-19-21-23-25-27-29-31-33-35-37-39-41-46(54)63-43-45(44-64-67(61,62)66-53-51(59)49(57)48(56)50(58)52(53)60)65-47(55)42-40-38-36-34-32-30-28-26-24-22-20-18-16-14-12-10-8-6-4-2/h11-14,17-20,23,25,29,31,35,37,45,48-53,56-60H,3-10,15-16,21-22,24,26-28,30,32-34,36,38-44H2,1-2H3,(H,61,62)/b13-11+,14-12+,19-17+,20-18+,25-23+,31-29+,37-35+/t45-,48?,49-,50?,51?,52?,53?/m0/s1. The first-order valence-corrected chi connectivity index (χ1v) is 26.9. The van der Waals surface area contributed by atoms with Crippen LogP contribution in [-0.2, 0) is 32.7 Å². The normalized spacial score (nSPS) is 21.9. The third-order valence-corrected chi connectivity index (χ3v) is 12.2. The summed E-state index contributed by atoms with van der Waals surface area (Å²) in [5.41, 5.74) is 0. The molecule has 1 saturated carbocycles. The molecule has 8 atom stereocenters. The number of hydrogen-bond donors (Lipinski definition) is 6. The van der Waals surface area contributed by atoms with Crippen LogP contribution in [0.3, 0.4) is 0 Å². The van der Waals surface area contributed by atoms with Crippen LogP contribution in [0.4, 0.5) is 0 Å².